The Morgan fingerprint density at radius 2 is 1.82 bits per heavy atom. The highest BCUT2D eigenvalue weighted by atomic mass is 16.6. The smallest absolute Gasteiger partial charge is 0.112 e. The van der Waals surface area contributed by atoms with Crippen LogP contribution in [0.4, 0.5) is 0 Å². The Labute approximate surface area is 65.4 Å². The van der Waals surface area contributed by atoms with E-state index in [9.17, 15) is 10.2 Å². The molecule has 1 rings (SSSR count). The number of ether oxygens (including phenoxy) is 1. The van der Waals surface area contributed by atoms with Gasteiger partial charge in [-0.1, -0.05) is 0 Å². The summed E-state index contributed by atoms with van der Waals surface area (Å²) >= 11 is 0. The fraction of sp³-hybridized carbons (Fsp3) is 1.00. The fourth-order valence-corrected chi connectivity index (χ4v) is 1.28. The standard InChI is InChI=1S/C7H14O4/c1-3(8)7-6(10)5(9)4(2)11-7/h3-10H,1-2H3/t3?,4-,5?,6?,7+/m0/s1. The number of aliphatic hydroxyl groups excluding tert-OH is 3. The van der Waals surface area contributed by atoms with Crippen molar-refractivity contribution in [2.75, 3.05) is 0 Å². The molecule has 1 fully saturated rings. The molecule has 0 saturated carbocycles. The fourth-order valence-electron chi connectivity index (χ4n) is 1.28. The molecule has 1 aliphatic rings. The van der Waals surface area contributed by atoms with E-state index in [1.165, 1.54) is 6.92 Å². The summed E-state index contributed by atoms with van der Waals surface area (Å²) < 4.78 is 5.10. The van der Waals surface area contributed by atoms with Crippen molar-refractivity contribution in [3.05, 3.63) is 0 Å². The molecule has 66 valence electrons. The molecule has 11 heavy (non-hydrogen) atoms. The predicted molar refractivity (Wildman–Crippen MR) is 38.0 cm³/mol. The van der Waals surface area contributed by atoms with Gasteiger partial charge in [-0.05, 0) is 13.8 Å². The summed E-state index contributed by atoms with van der Waals surface area (Å²) in [6.45, 7) is 3.19. The van der Waals surface area contributed by atoms with Crippen molar-refractivity contribution < 1.29 is 20.1 Å². The Bertz CT molecular complexity index is 136. The van der Waals surface area contributed by atoms with E-state index in [1.54, 1.807) is 6.92 Å². The topological polar surface area (TPSA) is 69.9 Å². The van der Waals surface area contributed by atoms with Crippen molar-refractivity contribution in [1.29, 1.82) is 0 Å². The second kappa shape index (κ2) is 3.06. The number of aliphatic hydroxyl groups is 3. The van der Waals surface area contributed by atoms with Crippen LogP contribution in [0.3, 0.4) is 0 Å². The maximum Gasteiger partial charge on any atom is 0.112 e. The van der Waals surface area contributed by atoms with Crippen LogP contribution in [0.5, 0.6) is 0 Å². The summed E-state index contributed by atoms with van der Waals surface area (Å²) in [6.07, 6.45) is -3.64. The zero-order valence-electron chi connectivity index (χ0n) is 6.64. The largest absolute Gasteiger partial charge is 0.391 e. The molecule has 0 aromatic heterocycles. The molecule has 3 unspecified atom stereocenters. The van der Waals surface area contributed by atoms with E-state index in [1.807, 2.05) is 0 Å². The lowest BCUT2D eigenvalue weighted by Crippen LogP contribution is -2.37. The molecule has 0 radical (unpaired) electrons. The summed E-state index contributed by atoms with van der Waals surface area (Å²) in [5, 5.41) is 27.5. The summed E-state index contributed by atoms with van der Waals surface area (Å²) in [7, 11) is 0. The molecular formula is C7H14O4. The van der Waals surface area contributed by atoms with E-state index < -0.39 is 30.5 Å². The molecule has 3 N–H and O–H groups in total. The van der Waals surface area contributed by atoms with Crippen LogP contribution in [0.25, 0.3) is 0 Å². The quantitative estimate of drug-likeness (QED) is 0.456. The first kappa shape index (κ1) is 8.93. The van der Waals surface area contributed by atoms with Crippen molar-refractivity contribution in [2.45, 2.75) is 44.4 Å². The van der Waals surface area contributed by atoms with Crippen LogP contribution in [0.15, 0.2) is 0 Å². The Balaban J connectivity index is 2.59. The summed E-state index contributed by atoms with van der Waals surface area (Å²) in [6, 6.07) is 0. The third kappa shape index (κ3) is 1.54. The molecule has 1 heterocycles. The van der Waals surface area contributed by atoms with Crippen LogP contribution in [0.1, 0.15) is 13.8 Å². The molecular weight excluding hydrogens is 148 g/mol. The first-order valence-corrected chi connectivity index (χ1v) is 3.73. The van der Waals surface area contributed by atoms with Gasteiger partial charge in [0.15, 0.2) is 0 Å². The molecule has 0 aromatic carbocycles. The van der Waals surface area contributed by atoms with Crippen molar-refractivity contribution in [2.24, 2.45) is 0 Å². The molecule has 0 aliphatic carbocycles. The Hall–Kier alpha value is -0.160. The lowest BCUT2D eigenvalue weighted by Gasteiger charge is -2.16. The van der Waals surface area contributed by atoms with E-state index in [4.69, 9.17) is 9.84 Å². The van der Waals surface area contributed by atoms with E-state index in [0.717, 1.165) is 0 Å². The highest BCUT2D eigenvalue weighted by molar-refractivity contribution is 4.90. The number of rotatable bonds is 1. The Morgan fingerprint density at radius 3 is 2.00 bits per heavy atom. The molecule has 4 nitrogen and oxygen atoms in total. The van der Waals surface area contributed by atoms with Crippen molar-refractivity contribution in [1.82, 2.24) is 0 Å². The Kier molecular flexibility index (Phi) is 2.49. The molecule has 0 spiro atoms. The molecule has 0 bridgehead atoms. The molecule has 1 aliphatic heterocycles. The van der Waals surface area contributed by atoms with Gasteiger partial charge in [-0.25, -0.2) is 0 Å². The Morgan fingerprint density at radius 1 is 1.27 bits per heavy atom. The van der Waals surface area contributed by atoms with Gasteiger partial charge in [0, 0.05) is 0 Å². The van der Waals surface area contributed by atoms with Crippen LogP contribution in [-0.4, -0.2) is 45.8 Å². The third-order valence-electron chi connectivity index (χ3n) is 2.01. The maximum absolute atomic E-state index is 9.26. The highest BCUT2D eigenvalue weighted by Gasteiger charge is 2.42. The predicted octanol–water partition coefficient (Wildman–Crippen LogP) is -1.12. The van der Waals surface area contributed by atoms with Gasteiger partial charge < -0.3 is 20.1 Å². The van der Waals surface area contributed by atoms with Crippen LogP contribution in [0.2, 0.25) is 0 Å². The van der Waals surface area contributed by atoms with E-state index in [-0.39, 0.29) is 0 Å². The van der Waals surface area contributed by atoms with Crippen LogP contribution in [0, 0.1) is 0 Å². The average molecular weight is 162 g/mol. The van der Waals surface area contributed by atoms with Gasteiger partial charge in [0.05, 0.1) is 12.2 Å². The minimum Gasteiger partial charge on any atom is -0.391 e. The van der Waals surface area contributed by atoms with Gasteiger partial charge in [0.25, 0.3) is 0 Å². The van der Waals surface area contributed by atoms with Gasteiger partial charge in [-0.15, -0.1) is 0 Å². The molecule has 5 atom stereocenters. The normalized spacial score (nSPS) is 47.7. The zero-order chi connectivity index (χ0) is 8.59. The maximum atomic E-state index is 9.26. The van der Waals surface area contributed by atoms with Gasteiger partial charge in [0.2, 0.25) is 0 Å². The monoisotopic (exact) mass is 162 g/mol. The first-order chi connectivity index (χ1) is 5.04. The van der Waals surface area contributed by atoms with E-state index in [2.05, 4.69) is 0 Å². The number of hydrogen-bond donors (Lipinski definition) is 3. The minimum absolute atomic E-state index is 0.399. The third-order valence-corrected chi connectivity index (χ3v) is 2.01. The lowest BCUT2D eigenvalue weighted by atomic mass is 10.1. The zero-order valence-corrected chi connectivity index (χ0v) is 6.64. The van der Waals surface area contributed by atoms with Gasteiger partial charge in [-0.2, -0.15) is 0 Å². The lowest BCUT2D eigenvalue weighted by molar-refractivity contribution is -0.0546. The van der Waals surface area contributed by atoms with Crippen LogP contribution >= 0.6 is 0 Å². The van der Waals surface area contributed by atoms with Crippen molar-refractivity contribution in [3.8, 4) is 0 Å². The van der Waals surface area contributed by atoms with Gasteiger partial charge in [0.1, 0.15) is 18.3 Å². The summed E-state index contributed by atoms with van der Waals surface area (Å²) in [5.74, 6) is 0. The molecule has 0 amide bonds. The molecule has 4 heteroatoms. The molecule has 0 aromatic rings. The summed E-state index contributed by atoms with van der Waals surface area (Å²) in [5.41, 5.74) is 0. The summed E-state index contributed by atoms with van der Waals surface area (Å²) in [4.78, 5) is 0. The van der Waals surface area contributed by atoms with Crippen molar-refractivity contribution in [3.63, 3.8) is 0 Å². The first-order valence-electron chi connectivity index (χ1n) is 3.73. The second-order valence-corrected chi connectivity index (χ2v) is 3.03. The highest BCUT2D eigenvalue weighted by Crippen LogP contribution is 2.22. The average Bonchev–Trinajstić information content (AvgIpc) is 2.17. The van der Waals surface area contributed by atoms with Gasteiger partial charge in [-0.3, -0.25) is 0 Å². The van der Waals surface area contributed by atoms with E-state index in [0.29, 0.717) is 0 Å². The minimum atomic E-state index is -0.968. The second-order valence-electron chi connectivity index (χ2n) is 3.03. The van der Waals surface area contributed by atoms with Gasteiger partial charge >= 0.3 is 0 Å². The van der Waals surface area contributed by atoms with Crippen LogP contribution in [-0.2, 0) is 4.74 Å². The SMILES string of the molecule is CC(O)[C@H]1O[C@@H](C)C(O)C1O. The molecule has 1 saturated heterocycles. The number of hydrogen-bond acceptors (Lipinski definition) is 4. The van der Waals surface area contributed by atoms with E-state index >= 15 is 0 Å². The van der Waals surface area contributed by atoms with Crippen molar-refractivity contribution >= 4 is 0 Å². The van der Waals surface area contributed by atoms with Crippen LogP contribution < -0.4 is 0 Å².